The van der Waals surface area contributed by atoms with Crippen molar-refractivity contribution in [3.8, 4) is 0 Å². The van der Waals surface area contributed by atoms with Crippen LogP contribution < -0.4 is 56.3 Å². The molecule has 132 valence electrons. The molecular formula is C18H15KN4O2S2. The molecule has 0 aliphatic rings. The van der Waals surface area contributed by atoms with Gasteiger partial charge in [-0.2, -0.15) is 8.75 Å². The molecule has 0 atom stereocenters. The first-order valence-electron chi connectivity index (χ1n) is 7.85. The molecule has 27 heavy (non-hydrogen) atoms. The number of anilines is 1. The monoisotopic (exact) mass is 422 g/mol. The summed E-state index contributed by atoms with van der Waals surface area (Å²) in [7, 11) is -0.0164. The first-order valence-corrected chi connectivity index (χ1v) is 10.0. The minimum atomic E-state index is -3.87. The van der Waals surface area contributed by atoms with Crippen LogP contribution >= 0.6 is 11.7 Å². The van der Waals surface area contributed by atoms with Crippen molar-refractivity contribution < 1.29 is 59.8 Å². The maximum atomic E-state index is 13.0. The third kappa shape index (κ3) is 4.04. The van der Waals surface area contributed by atoms with E-state index in [0.29, 0.717) is 16.6 Å². The Kier molecular flexibility index (Phi) is 6.21. The molecule has 6 nitrogen and oxygen atoms in total. The van der Waals surface area contributed by atoms with Crippen LogP contribution in [0.25, 0.3) is 26.5 Å². The molecule has 0 spiro atoms. The Labute approximate surface area is 204 Å². The number of sulfonamides is 1. The molecule has 0 saturated carbocycles. The summed E-state index contributed by atoms with van der Waals surface area (Å²) in [5.74, 6) is 0. The molecule has 9 heteroatoms. The Bertz CT molecular complexity index is 1220. The molecule has 0 aliphatic heterocycles. The first kappa shape index (κ1) is 20.7. The van der Waals surface area contributed by atoms with Gasteiger partial charge in [-0.15, -0.1) is 5.69 Å². The van der Waals surface area contributed by atoms with Crippen molar-refractivity contribution in [1.82, 2.24) is 8.75 Å². The zero-order chi connectivity index (χ0) is 18.3. The zero-order valence-corrected chi connectivity index (χ0v) is 19.9. The summed E-state index contributed by atoms with van der Waals surface area (Å²) in [5, 5.41) is 1.52. The molecule has 0 saturated heterocycles. The maximum Gasteiger partial charge on any atom is 1.00 e. The van der Waals surface area contributed by atoms with E-state index < -0.39 is 10.0 Å². The number of hydrogen-bond donors (Lipinski definition) is 0. The van der Waals surface area contributed by atoms with Crippen LogP contribution in [0.3, 0.4) is 0 Å². The van der Waals surface area contributed by atoms with Crippen LogP contribution in [-0.2, 0) is 10.0 Å². The van der Waals surface area contributed by atoms with Crippen molar-refractivity contribution in [1.29, 1.82) is 0 Å². The van der Waals surface area contributed by atoms with Crippen molar-refractivity contribution in [2.45, 2.75) is 4.90 Å². The molecule has 0 radical (unpaired) electrons. The van der Waals surface area contributed by atoms with Crippen LogP contribution in [0.4, 0.5) is 11.4 Å². The van der Waals surface area contributed by atoms with Gasteiger partial charge in [-0.1, -0.05) is 30.3 Å². The van der Waals surface area contributed by atoms with Gasteiger partial charge in [0.1, 0.15) is 21.1 Å². The van der Waals surface area contributed by atoms with E-state index in [4.69, 9.17) is 0 Å². The van der Waals surface area contributed by atoms with E-state index in [9.17, 15) is 8.42 Å². The molecule has 3 aromatic carbocycles. The Morgan fingerprint density at radius 1 is 0.926 bits per heavy atom. The second-order valence-corrected chi connectivity index (χ2v) is 8.13. The number of benzene rings is 3. The van der Waals surface area contributed by atoms with Gasteiger partial charge in [0.2, 0.25) is 0 Å². The van der Waals surface area contributed by atoms with Crippen molar-refractivity contribution in [3.63, 3.8) is 0 Å². The van der Waals surface area contributed by atoms with Gasteiger partial charge in [0.25, 0.3) is 0 Å². The van der Waals surface area contributed by atoms with Crippen molar-refractivity contribution in [2.24, 2.45) is 0 Å². The molecule has 4 rings (SSSR count). The van der Waals surface area contributed by atoms with Crippen molar-refractivity contribution >= 4 is 54.9 Å². The molecule has 4 aromatic rings. The summed E-state index contributed by atoms with van der Waals surface area (Å²) in [4.78, 5) is 2.15. The molecule has 1 aromatic heterocycles. The van der Waals surface area contributed by atoms with Crippen LogP contribution in [-0.4, -0.2) is 31.3 Å². The Balaban J connectivity index is 0.00000210. The number of rotatable bonds is 4. The molecule has 0 bridgehead atoms. The SMILES string of the molecule is CN(C)c1cccc2c(S(=O)(=O)[N-]c3ccc4nsnc4c3)cccc12.[K+]. The predicted molar refractivity (Wildman–Crippen MR) is 106 cm³/mol. The second kappa shape index (κ2) is 8.12. The van der Waals surface area contributed by atoms with Crippen LogP contribution in [0.5, 0.6) is 0 Å². The van der Waals surface area contributed by atoms with E-state index in [1.165, 1.54) is 0 Å². The summed E-state index contributed by atoms with van der Waals surface area (Å²) < 4.78 is 38.2. The van der Waals surface area contributed by atoms with Gasteiger partial charge in [0, 0.05) is 30.6 Å². The second-order valence-electron chi connectivity index (χ2n) is 6.03. The fourth-order valence-corrected chi connectivity index (χ4v) is 4.61. The van der Waals surface area contributed by atoms with Crippen LogP contribution in [0.1, 0.15) is 0 Å². The summed E-state index contributed by atoms with van der Waals surface area (Å²) in [6.45, 7) is 0. The Morgan fingerprint density at radius 3 is 2.41 bits per heavy atom. The summed E-state index contributed by atoms with van der Waals surface area (Å²) in [6.07, 6.45) is 0. The van der Waals surface area contributed by atoms with Gasteiger partial charge in [-0.25, -0.2) is 8.42 Å². The van der Waals surface area contributed by atoms with E-state index in [1.807, 2.05) is 37.2 Å². The van der Waals surface area contributed by atoms with E-state index >= 15 is 0 Å². The maximum absolute atomic E-state index is 13.0. The van der Waals surface area contributed by atoms with Crippen LogP contribution in [0.2, 0.25) is 0 Å². The van der Waals surface area contributed by atoms with E-state index in [1.54, 1.807) is 36.4 Å². The van der Waals surface area contributed by atoms with Crippen LogP contribution in [0.15, 0.2) is 59.5 Å². The number of aromatic nitrogens is 2. The van der Waals surface area contributed by atoms with Crippen LogP contribution in [0, 0.1) is 0 Å². The fourth-order valence-electron chi connectivity index (χ4n) is 2.89. The minimum Gasteiger partial charge on any atom is -0.573 e. The van der Waals surface area contributed by atoms with Gasteiger partial charge in [-0.05, 0) is 24.3 Å². The molecule has 0 aliphatic carbocycles. The summed E-state index contributed by atoms with van der Waals surface area (Å²) in [5.41, 5.74) is 2.66. The van der Waals surface area contributed by atoms with Gasteiger partial charge in [-0.3, -0.25) is 0 Å². The van der Waals surface area contributed by atoms with Gasteiger partial charge >= 0.3 is 51.4 Å². The van der Waals surface area contributed by atoms with Gasteiger partial charge < -0.3 is 9.62 Å². The fraction of sp³-hybridized carbons (Fsp3) is 0.111. The predicted octanol–water partition coefficient (Wildman–Crippen LogP) is 1.31. The Hall–Kier alpha value is -1.07. The largest absolute Gasteiger partial charge is 1.00 e. The third-order valence-electron chi connectivity index (χ3n) is 4.08. The number of fused-ring (bicyclic) bond motifs is 2. The average Bonchev–Trinajstić information content (AvgIpc) is 3.08. The normalized spacial score (nSPS) is 11.3. The summed E-state index contributed by atoms with van der Waals surface area (Å²) >= 11 is 1.09. The smallest absolute Gasteiger partial charge is 0.573 e. The number of nitrogens with zero attached hydrogens (tertiary/aromatic N) is 4. The molecule has 0 unspecified atom stereocenters. The Morgan fingerprint density at radius 2 is 1.63 bits per heavy atom. The molecule has 1 heterocycles. The first-order chi connectivity index (χ1) is 12.5. The molecule has 0 fully saturated rings. The van der Waals surface area contributed by atoms with E-state index in [-0.39, 0.29) is 56.3 Å². The third-order valence-corrected chi connectivity index (χ3v) is 6.00. The quantitative estimate of drug-likeness (QED) is 0.464. The average molecular weight is 423 g/mol. The van der Waals surface area contributed by atoms with Crippen molar-refractivity contribution in [3.05, 3.63) is 59.3 Å². The standard InChI is InChI=1S/C18H15N4O2S2.K/c1-22(2)17-7-3-6-14-13(17)5-4-8-18(14)26(23,24)21-12-9-10-15-16(11-12)20-25-19-15;/h3-11H,1-2H3;/q-1;+1. The van der Waals surface area contributed by atoms with Gasteiger partial charge in [0.15, 0.2) is 0 Å². The van der Waals surface area contributed by atoms with Gasteiger partial charge in [0.05, 0.1) is 16.6 Å². The summed E-state index contributed by atoms with van der Waals surface area (Å²) in [6, 6.07) is 15.8. The van der Waals surface area contributed by atoms with E-state index in [0.717, 1.165) is 28.3 Å². The zero-order valence-electron chi connectivity index (χ0n) is 15.1. The minimum absolute atomic E-state index is 0. The van der Waals surface area contributed by atoms with E-state index in [2.05, 4.69) is 13.5 Å². The van der Waals surface area contributed by atoms with Crippen molar-refractivity contribution in [2.75, 3.05) is 19.0 Å². The molecular weight excluding hydrogens is 407 g/mol. The molecule has 0 amide bonds. The topological polar surface area (TPSA) is 77.3 Å². The molecule has 0 N–H and O–H groups in total. The number of hydrogen-bond acceptors (Lipinski definition) is 6.